The predicted octanol–water partition coefficient (Wildman–Crippen LogP) is 2.92. The Morgan fingerprint density at radius 2 is 2.11 bits per heavy atom. The van der Waals surface area contributed by atoms with E-state index in [1.807, 2.05) is 13.0 Å². The van der Waals surface area contributed by atoms with Crippen LogP contribution in [0, 0.1) is 12.8 Å². The molecule has 0 amide bonds. The Morgan fingerprint density at radius 3 is 2.68 bits per heavy atom. The molecule has 1 aliphatic rings. The summed E-state index contributed by atoms with van der Waals surface area (Å²) in [5, 5.41) is 12.4. The van der Waals surface area contributed by atoms with Crippen LogP contribution in [0.3, 0.4) is 0 Å². The third kappa shape index (κ3) is 3.47. The van der Waals surface area contributed by atoms with Crippen LogP contribution in [-0.2, 0) is 4.74 Å². The smallest absolute Gasteiger partial charge is 0.335 e. The second kappa shape index (κ2) is 6.06. The summed E-state index contributed by atoms with van der Waals surface area (Å²) < 4.78 is 5.37. The molecule has 0 aliphatic carbocycles. The van der Waals surface area contributed by atoms with Crippen molar-refractivity contribution in [1.29, 1.82) is 0 Å². The van der Waals surface area contributed by atoms with Crippen molar-refractivity contribution in [2.45, 2.75) is 32.7 Å². The lowest BCUT2D eigenvalue weighted by Gasteiger charge is -2.29. The van der Waals surface area contributed by atoms with Crippen molar-refractivity contribution in [2.24, 2.45) is 5.92 Å². The number of nitrogens with one attached hydrogen (secondary N) is 1. The summed E-state index contributed by atoms with van der Waals surface area (Å²) in [5.41, 5.74) is 2.32. The first-order valence-corrected chi connectivity index (χ1v) is 6.76. The van der Waals surface area contributed by atoms with Gasteiger partial charge in [0.05, 0.1) is 5.56 Å². The lowest BCUT2D eigenvalue weighted by molar-refractivity contribution is 0.0622. The molecule has 2 rings (SSSR count). The van der Waals surface area contributed by atoms with E-state index in [1.54, 1.807) is 12.1 Å². The number of benzene rings is 1. The van der Waals surface area contributed by atoms with E-state index < -0.39 is 5.97 Å². The van der Waals surface area contributed by atoms with Crippen LogP contribution in [0.5, 0.6) is 0 Å². The van der Waals surface area contributed by atoms with Gasteiger partial charge in [-0.15, -0.1) is 0 Å². The van der Waals surface area contributed by atoms with Gasteiger partial charge in [0.15, 0.2) is 0 Å². The molecule has 4 nitrogen and oxygen atoms in total. The summed E-state index contributed by atoms with van der Waals surface area (Å²) in [5.74, 6) is -0.264. The van der Waals surface area contributed by atoms with E-state index in [4.69, 9.17) is 9.84 Å². The molecule has 0 radical (unpaired) electrons. The van der Waals surface area contributed by atoms with E-state index in [9.17, 15) is 4.79 Å². The standard InChI is InChI=1S/C15H21NO3/c1-10-9-13(15(17)18)3-4-14(10)16-11(2)12-5-7-19-8-6-12/h3-4,9,11-12,16H,5-8H2,1-2H3,(H,17,18). The van der Waals surface area contributed by atoms with Crippen LogP contribution < -0.4 is 5.32 Å². The van der Waals surface area contributed by atoms with Gasteiger partial charge in [-0.3, -0.25) is 0 Å². The zero-order chi connectivity index (χ0) is 13.8. The number of anilines is 1. The van der Waals surface area contributed by atoms with Crippen LogP contribution in [0.2, 0.25) is 0 Å². The maximum absolute atomic E-state index is 10.9. The lowest BCUT2D eigenvalue weighted by atomic mass is 9.92. The first kappa shape index (κ1) is 13.9. The average molecular weight is 263 g/mol. The average Bonchev–Trinajstić information content (AvgIpc) is 2.41. The number of carboxylic acids is 1. The molecule has 1 aromatic rings. The van der Waals surface area contributed by atoms with Gasteiger partial charge >= 0.3 is 5.97 Å². The summed E-state index contributed by atoms with van der Waals surface area (Å²) in [6.07, 6.45) is 2.17. The normalized spacial score (nSPS) is 18.0. The van der Waals surface area contributed by atoms with Crippen LogP contribution in [0.15, 0.2) is 18.2 Å². The predicted molar refractivity (Wildman–Crippen MR) is 74.8 cm³/mol. The van der Waals surface area contributed by atoms with E-state index in [0.29, 0.717) is 17.5 Å². The van der Waals surface area contributed by atoms with Crippen molar-refractivity contribution < 1.29 is 14.6 Å². The summed E-state index contributed by atoms with van der Waals surface area (Å²) in [6, 6.07) is 5.59. The minimum absolute atomic E-state index is 0.335. The van der Waals surface area contributed by atoms with E-state index >= 15 is 0 Å². The fourth-order valence-electron chi connectivity index (χ4n) is 2.54. The molecule has 2 N–H and O–H groups in total. The summed E-state index contributed by atoms with van der Waals surface area (Å²) in [6.45, 7) is 5.80. The van der Waals surface area contributed by atoms with Gasteiger partial charge in [0.1, 0.15) is 0 Å². The van der Waals surface area contributed by atoms with Crippen molar-refractivity contribution in [3.63, 3.8) is 0 Å². The number of aryl methyl sites for hydroxylation is 1. The zero-order valence-corrected chi connectivity index (χ0v) is 11.5. The third-order valence-corrected chi connectivity index (χ3v) is 3.83. The van der Waals surface area contributed by atoms with Crippen molar-refractivity contribution in [1.82, 2.24) is 0 Å². The molecular formula is C15H21NO3. The van der Waals surface area contributed by atoms with E-state index in [-0.39, 0.29) is 0 Å². The minimum Gasteiger partial charge on any atom is -0.478 e. The molecule has 4 heteroatoms. The van der Waals surface area contributed by atoms with E-state index in [1.165, 1.54) is 0 Å². The number of hydrogen-bond acceptors (Lipinski definition) is 3. The minimum atomic E-state index is -0.882. The van der Waals surface area contributed by atoms with Gasteiger partial charge in [0, 0.05) is 24.9 Å². The van der Waals surface area contributed by atoms with E-state index in [0.717, 1.165) is 37.3 Å². The van der Waals surface area contributed by atoms with Gasteiger partial charge in [-0.1, -0.05) is 0 Å². The number of rotatable bonds is 4. The van der Waals surface area contributed by atoms with Crippen molar-refractivity contribution >= 4 is 11.7 Å². The molecule has 1 unspecified atom stereocenters. The van der Waals surface area contributed by atoms with Crippen LogP contribution in [0.1, 0.15) is 35.7 Å². The molecule has 1 saturated heterocycles. The van der Waals surface area contributed by atoms with Gasteiger partial charge < -0.3 is 15.2 Å². The third-order valence-electron chi connectivity index (χ3n) is 3.83. The van der Waals surface area contributed by atoms with Crippen molar-refractivity contribution in [3.8, 4) is 0 Å². The highest BCUT2D eigenvalue weighted by molar-refractivity contribution is 5.88. The fourth-order valence-corrected chi connectivity index (χ4v) is 2.54. The molecule has 1 heterocycles. The first-order valence-electron chi connectivity index (χ1n) is 6.76. The number of carboxylic acid groups (broad SMARTS) is 1. The summed E-state index contributed by atoms with van der Waals surface area (Å²) >= 11 is 0. The Hall–Kier alpha value is -1.55. The number of aromatic carboxylic acids is 1. The monoisotopic (exact) mass is 263 g/mol. The molecule has 0 spiro atoms. The zero-order valence-electron chi connectivity index (χ0n) is 11.5. The Morgan fingerprint density at radius 1 is 1.42 bits per heavy atom. The highest BCUT2D eigenvalue weighted by Gasteiger charge is 2.20. The highest BCUT2D eigenvalue weighted by Crippen LogP contribution is 2.24. The molecular weight excluding hydrogens is 242 g/mol. The molecule has 0 saturated carbocycles. The maximum atomic E-state index is 10.9. The lowest BCUT2D eigenvalue weighted by Crippen LogP contribution is -2.31. The van der Waals surface area contributed by atoms with Crippen molar-refractivity contribution in [2.75, 3.05) is 18.5 Å². The SMILES string of the molecule is Cc1cc(C(=O)O)ccc1NC(C)C1CCOCC1. The van der Waals surface area contributed by atoms with Crippen LogP contribution in [0.4, 0.5) is 5.69 Å². The molecule has 19 heavy (non-hydrogen) atoms. The van der Waals surface area contributed by atoms with Crippen LogP contribution >= 0.6 is 0 Å². The summed E-state index contributed by atoms with van der Waals surface area (Å²) in [4.78, 5) is 10.9. The molecule has 0 aromatic heterocycles. The Bertz CT molecular complexity index is 453. The second-order valence-electron chi connectivity index (χ2n) is 5.22. The quantitative estimate of drug-likeness (QED) is 0.877. The topological polar surface area (TPSA) is 58.6 Å². The Labute approximate surface area is 113 Å². The summed E-state index contributed by atoms with van der Waals surface area (Å²) in [7, 11) is 0. The molecule has 1 aromatic carbocycles. The molecule has 1 atom stereocenters. The van der Waals surface area contributed by atoms with Gasteiger partial charge in [0.25, 0.3) is 0 Å². The molecule has 1 fully saturated rings. The van der Waals surface area contributed by atoms with Gasteiger partial charge in [-0.05, 0) is 56.4 Å². The van der Waals surface area contributed by atoms with Crippen LogP contribution in [0.25, 0.3) is 0 Å². The Kier molecular flexibility index (Phi) is 4.43. The Balaban J connectivity index is 2.03. The van der Waals surface area contributed by atoms with Crippen molar-refractivity contribution in [3.05, 3.63) is 29.3 Å². The van der Waals surface area contributed by atoms with Gasteiger partial charge in [-0.2, -0.15) is 0 Å². The van der Waals surface area contributed by atoms with Gasteiger partial charge in [-0.25, -0.2) is 4.79 Å². The van der Waals surface area contributed by atoms with Gasteiger partial charge in [0.2, 0.25) is 0 Å². The van der Waals surface area contributed by atoms with Crippen LogP contribution in [-0.4, -0.2) is 30.3 Å². The molecule has 0 bridgehead atoms. The number of hydrogen-bond donors (Lipinski definition) is 2. The highest BCUT2D eigenvalue weighted by atomic mass is 16.5. The first-order chi connectivity index (χ1) is 9.08. The number of carbonyl (C=O) groups is 1. The second-order valence-corrected chi connectivity index (χ2v) is 5.22. The molecule has 104 valence electrons. The van der Waals surface area contributed by atoms with E-state index in [2.05, 4.69) is 12.2 Å². The molecule has 1 aliphatic heterocycles. The maximum Gasteiger partial charge on any atom is 0.335 e. The number of ether oxygens (including phenoxy) is 1. The largest absolute Gasteiger partial charge is 0.478 e. The fraction of sp³-hybridized carbons (Fsp3) is 0.533.